The molecule has 0 unspecified atom stereocenters. The molecule has 0 aliphatic heterocycles. The van der Waals surface area contributed by atoms with Crippen molar-refractivity contribution in [3.63, 3.8) is 0 Å². The zero-order valence-electron chi connectivity index (χ0n) is 13.6. The molecule has 140 valence electrons. The molecule has 2 aromatic rings. The van der Waals surface area contributed by atoms with E-state index in [9.17, 15) is 23.3 Å². The summed E-state index contributed by atoms with van der Waals surface area (Å²) in [5, 5.41) is 11.3. The Bertz CT molecular complexity index is 792. The van der Waals surface area contributed by atoms with E-state index in [1.54, 1.807) is 6.07 Å². The van der Waals surface area contributed by atoms with Crippen molar-refractivity contribution in [2.24, 2.45) is 0 Å². The van der Waals surface area contributed by atoms with Crippen LogP contribution in [0.2, 0.25) is 0 Å². The topological polar surface area (TPSA) is 61.6 Å². The van der Waals surface area contributed by atoms with Crippen LogP contribution in [0.3, 0.4) is 0 Å². The third kappa shape index (κ3) is 5.97. The number of halogens is 4. The summed E-state index contributed by atoms with van der Waals surface area (Å²) in [4.78, 5) is 10.7. The third-order valence-corrected chi connectivity index (χ3v) is 4.88. The summed E-state index contributed by atoms with van der Waals surface area (Å²) >= 11 is -0.738. The molecule has 0 aliphatic rings. The number of rotatable bonds is 7. The Hall–Kier alpha value is -2.17. The first-order valence-corrected chi connectivity index (χ1v) is 9.69. The Balaban J connectivity index is 2.24. The minimum atomic E-state index is -4.77. The summed E-state index contributed by atoms with van der Waals surface area (Å²) in [6.45, 7) is 2.03. The van der Waals surface area contributed by atoms with Gasteiger partial charge in [0.1, 0.15) is 26.9 Å². The molecule has 2 rings (SSSR count). The maximum absolute atomic E-state index is 12.2. The number of hydrogen-bond donors (Lipinski definition) is 0. The Morgan fingerprint density at radius 1 is 1.15 bits per heavy atom. The van der Waals surface area contributed by atoms with E-state index in [2.05, 4.69) is 4.74 Å². The SMILES string of the molecule is CCCC=IOc1ccc(-c2ccc(OC(F)(F)F)cc2)cc1[N+](=O)[O-]. The van der Waals surface area contributed by atoms with Crippen molar-refractivity contribution in [2.75, 3.05) is 0 Å². The number of nitrogens with zero attached hydrogens (tertiary/aromatic N) is 1. The summed E-state index contributed by atoms with van der Waals surface area (Å²) in [5.74, 6) is -0.164. The van der Waals surface area contributed by atoms with Gasteiger partial charge in [0.2, 0.25) is 5.75 Å². The van der Waals surface area contributed by atoms with Crippen molar-refractivity contribution in [3.8, 4) is 22.6 Å². The van der Waals surface area contributed by atoms with E-state index in [1.807, 2.05) is 10.9 Å². The lowest BCUT2D eigenvalue weighted by atomic mass is 10.0. The summed E-state index contributed by atoms with van der Waals surface area (Å²) in [7, 11) is 0. The van der Waals surface area contributed by atoms with Gasteiger partial charge in [0.25, 0.3) is 0 Å². The highest BCUT2D eigenvalue weighted by molar-refractivity contribution is 14.2. The number of nitro groups is 1. The molecule has 0 fully saturated rings. The van der Waals surface area contributed by atoms with Gasteiger partial charge in [-0.2, -0.15) is 0 Å². The van der Waals surface area contributed by atoms with Crippen LogP contribution in [0.1, 0.15) is 19.8 Å². The first-order valence-electron chi connectivity index (χ1n) is 7.57. The lowest BCUT2D eigenvalue weighted by Gasteiger charge is -2.09. The number of alkyl halides is 3. The van der Waals surface area contributed by atoms with Gasteiger partial charge < -0.3 is 7.80 Å². The first kappa shape index (κ1) is 20.1. The highest BCUT2D eigenvalue weighted by Gasteiger charge is 2.31. The van der Waals surface area contributed by atoms with E-state index < -0.39 is 32.4 Å². The average molecular weight is 481 g/mol. The molecule has 26 heavy (non-hydrogen) atoms. The highest BCUT2D eigenvalue weighted by atomic mass is 127. The molecule has 0 spiro atoms. The fraction of sp³-hybridized carbons (Fsp3) is 0.235. The van der Waals surface area contributed by atoms with Crippen molar-refractivity contribution < 1.29 is 25.9 Å². The molecule has 0 N–H and O–H groups in total. The molecule has 0 bridgehead atoms. The van der Waals surface area contributed by atoms with Gasteiger partial charge in [-0.15, -0.1) is 13.2 Å². The van der Waals surface area contributed by atoms with Gasteiger partial charge in [-0.1, -0.05) is 31.5 Å². The molecule has 0 heterocycles. The summed E-state index contributed by atoms with van der Waals surface area (Å²) in [6, 6.07) is 9.61. The lowest BCUT2D eigenvalue weighted by molar-refractivity contribution is -0.385. The van der Waals surface area contributed by atoms with Crippen LogP contribution in [-0.2, 0) is 0 Å². The third-order valence-electron chi connectivity index (χ3n) is 3.17. The molecule has 0 atom stereocenters. The standard InChI is InChI=1S/C17H15F3INO4/c1-2-3-10-21-26-16-9-6-13(11-15(16)22(23)24)12-4-7-14(8-5-12)25-17(18,19)20/h4-11H,2-3H2,1H3. The second kappa shape index (κ2) is 8.97. The number of hydrogen-bond acceptors (Lipinski definition) is 4. The zero-order chi connectivity index (χ0) is 19.2. The summed E-state index contributed by atoms with van der Waals surface area (Å²) in [6.07, 6.45) is -2.89. The molecule has 0 aliphatic carbocycles. The summed E-state index contributed by atoms with van der Waals surface area (Å²) < 4.78 is 47.9. The Morgan fingerprint density at radius 2 is 1.81 bits per heavy atom. The normalized spacial score (nSPS) is 11.8. The maximum atomic E-state index is 12.2. The number of nitro benzene ring substituents is 1. The molecule has 0 saturated heterocycles. The van der Waals surface area contributed by atoms with Crippen LogP contribution >= 0.6 is 21.1 Å². The van der Waals surface area contributed by atoms with E-state index in [4.69, 9.17) is 3.07 Å². The second-order valence-electron chi connectivity index (χ2n) is 5.12. The summed E-state index contributed by atoms with van der Waals surface area (Å²) in [5.41, 5.74) is 0.850. The largest absolute Gasteiger partial charge is 0.573 e. The number of ether oxygens (including phenoxy) is 1. The fourth-order valence-corrected chi connectivity index (χ4v) is 3.69. The van der Waals surface area contributed by atoms with Crippen LogP contribution < -0.4 is 7.80 Å². The van der Waals surface area contributed by atoms with E-state index >= 15 is 0 Å². The Kier molecular flexibility index (Phi) is 6.95. The van der Waals surface area contributed by atoms with Gasteiger partial charge in [0.15, 0.2) is 0 Å². The predicted molar refractivity (Wildman–Crippen MR) is 101 cm³/mol. The van der Waals surface area contributed by atoms with Crippen molar-refractivity contribution in [1.29, 1.82) is 0 Å². The van der Waals surface area contributed by atoms with E-state index in [0.717, 1.165) is 25.0 Å². The zero-order valence-corrected chi connectivity index (χ0v) is 15.8. The van der Waals surface area contributed by atoms with Crippen LogP contribution in [-0.4, -0.2) is 15.3 Å². The molecule has 0 amide bonds. The van der Waals surface area contributed by atoms with Crippen LogP contribution in [0.5, 0.6) is 11.5 Å². The van der Waals surface area contributed by atoms with Crippen LogP contribution in [0, 0.1) is 10.1 Å². The maximum Gasteiger partial charge on any atom is 0.573 e. The Morgan fingerprint density at radius 3 is 2.38 bits per heavy atom. The molecule has 0 saturated carbocycles. The monoisotopic (exact) mass is 481 g/mol. The van der Waals surface area contributed by atoms with Gasteiger partial charge in [-0.25, -0.2) is 0 Å². The van der Waals surface area contributed by atoms with Gasteiger partial charge in [-0.3, -0.25) is 10.1 Å². The predicted octanol–water partition coefficient (Wildman–Crippen LogP) is 6.03. The minimum Gasteiger partial charge on any atom is -0.429 e. The minimum absolute atomic E-state index is 0.178. The fourth-order valence-electron chi connectivity index (χ4n) is 1.99. The van der Waals surface area contributed by atoms with Crippen LogP contribution in [0.4, 0.5) is 18.9 Å². The molecular formula is C17H15F3INO4. The smallest absolute Gasteiger partial charge is 0.429 e. The lowest BCUT2D eigenvalue weighted by Crippen LogP contribution is -2.16. The van der Waals surface area contributed by atoms with Crippen molar-refractivity contribution in [1.82, 2.24) is 0 Å². The van der Waals surface area contributed by atoms with Crippen LogP contribution in [0.15, 0.2) is 42.5 Å². The van der Waals surface area contributed by atoms with Gasteiger partial charge >= 0.3 is 12.0 Å². The van der Waals surface area contributed by atoms with Gasteiger partial charge in [0.05, 0.1) is 4.92 Å². The van der Waals surface area contributed by atoms with Crippen molar-refractivity contribution in [2.45, 2.75) is 26.1 Å². The highest BCUT2D eigenvalue weighted by Crippen LogP contribution is 2.35. The number of benzene rings is 2. The van der Waals surface area contributed by atoms with Crippen LogP contribution in [0.25, 0.3) is 11.1 Å². The quantitative estimate of drug-likeness (QED) is 0.276. The molecule has 2 aromatic carbocycles. The second-order valence-corrected chi connectivity index (χ2v) is 6.95. The molecule has 9 heteroatoms. The van der Waals surface area contributed by atoms with Crippen molar-refractivity contribution in [3.05, 3.63) is 52.6 Å². The molecule has 5 nitrogen and oxygen atoms in total. The van der Waals surface area contributed by atoms with Gasteiger partial charge in [0, 0.05) is 6.07 Å². The Labute approximate surface area is 158 Å². The van der Waals surface area contributed by atoms with E-state index in [0.29, 0.717) is 11.1 Å². The number of unbranched alkanes of at least 4 members (excludes halogenated alkanes) is 1. The van der Waals surface area contributed by atoms with Crippen molar-refractivity contribution >= 4 is 30.8 Å². The molecular weight excluding hydrogens is 466 g/mol. The molecule has 0 aromatic heterocycles. The molecule has 0 radical (unpaired) electrons. The van der Waals surface area contributed by atoms with E-state index in [-0.39, 0.29) is 17.2 Å². The van der Waals surface area contributed by atoms with E-state index in [1.165, 1.54) is 24.3 Å². The average Bonchev–Trinajstić information content (AvgIpc) is 2.58. The first-order chi connectivity index (χ1) is 12.3. The van der Waals surface area contributed by atoms with Gasteiger partial charge in [-0.05, 0) is 39.8 Å².